The predicted octanol–water partition coefficient (Wildman–Crippen LogP) is 4.77. The second-order valence-electron chi connectivity index (χ2n) is 14.0. The van der Waals surface area contributed by atoms with Gasteiger partial charge in [-0.25, -0.2) is 14.8 Å². The molecule has 0 spiro atoms. The summed E-state index contributed by atoms with van der Waals surface area (Å²) in [6.45, 7) is 8.19. The molecule has 1 unspecified atom stereocenters. The van der Waals surface area contributed by atoms with Crippen LogP contribution in [0.15, 0.2) is 18.2 Å². The average molecular weight is 648 g/mol. The SMILES string of the molecule is CC(=O)N[C@@H]1C[C@H](NC(C)(C)C)CC[C@@H]1N1CCC(Nc2nc(C3CCC(NC(=O)O)CC3)nc3ccc(C(F)(F)F)cc23)C1=O. The minimum Gasteiger partial charge on any atom is -0.465 e. The quantitative estimate of drug-likeness (QED) is 0.289. The first-order chi connectivity index (χ1) is 21.6. The van der Waals surface area contributed by atoms with Crippen molar-refractivity contribution in [3.8, 4) is 0 Å². The minimum absolute atomic E-state index is 0.101. The van der Waals surface area contributed by atoms with E-state index in [-0.39, 0.29) is 58.6 Å². The van der Waals surface area contributed by atoms with Gasteiger partial charge in [0.25, 0.3) is 0 Å². The van der Waals surface area contributed by atoms with Gasteiger partial charge in [-0.3, -0.25) is 9.59 Å². The summed E-state index contributed by atoms with van der Waals surface area (Å²) in [5, 5.41) is 21.6. The molecule has 4 atom stereocenters. The Balaban J connectivity index is 1.38. The van der Waals surface area contributed by atoms with Crippen LogP contribution >= 0.6 is 0 Å². The van der Waals surface area contributed by atoms with Gasteiger partial charge in [0.1, 0.15) is 17.7 Å². The number of hydrogen-bond donors (Lipinski definition) is 5. The summed E-state index contributed by atoms with van der Waals surface area (Å²) in [6.07, 6.45) is -0.597. The van der Waals surface area contributed by atoms with Crippen molar-refractivity contribution >= 4 is 34.6 Å². The molecular formula is C32H44F3N7O4. The number of nitrogens with zero attached hydrogens (tertiary/aromatic N) is 3. The number of fused-ring (bicyclic) bond motifs is 1. The predicted molar refractivity (Wildman–Crippen MR) is 166 cm³/mol. The van der Waals surface area contributed by atoms with Crippen molar-refractivity contribution in [2.24, 2.45) is 0 Å². The molecule has 1 aromatic carbocycles. The van der Waals surface area contributed by atoms with Crippen LogP contribution in [-0.4, -0.2) is 80.2 Å². The monoisotopic (exact) mass is 647 g/mol. The third-order valence-corrected chi connectivity index (χ3v) is 9.25. The number of anilines is 1. The van der Waals surface area contributed by atoms with Crippen LogP contribution in [0.1, 0.15) is 96.4 Å². The molecule has 1 aliphatic heterocycles. The maximum Gasteiger partial charge on any atom is 0.416 e. The molecule has 0 radical (unpaired) electrons. The van der Waals surface area contributed by atoms with Gasteiger partial charge < -0.3 is 31.3 Å². The number of carbonyl (C=O) groups excluding carboxylic acids is 2. The van der Waals surface area contributed by atoms with Gasteiger partial charge in [0.15, 0.2) is 0 Å². The maximum atomic E-state index is 13.9. The fourth-order valence-corrected chi connectivity index (χ4v) is 7.30. The van der Waals surface area contributed by atoms with E-state index < -0.39 is 23.9 Å². The second kappa shape index (κ2) is 13.2. The molecule has 14 heteroatoms. The molecule has 2 saturated carbocycles. The van der Waals surface area contributed by atoms with Crippen LogP contribution < -0.4 is 21.3 Å². The van der Waals surface area contributed by atoms with Crippen LogP contribution in [0.3, 0.4) is 0 Å². The van der Waals surface area contributed by atoms with Gasteiger partial charge in [-0.15, -0.1) is 0 Å². The number of likely N-dealkylation sites (tertiary alicyclic amines) is 1. The Hall–Kier alpha value is -3.68. The van der Waals surface area contributed by atoms with Gasteiger partial charge in [0.05, 0.1) is 23.2 Å². The summed E-state index contributed by atoms with van der Waals surface area (Å²) in [6, 6.07) is 2.20. The van der Waals surface area contributed by atoms with Crippen molar-refractivity contribution in [2.45, 2.75) is 127 Å². The van der Waals surface area contributed by atoms with Gasteiger partial charge in [0.2, 0.25) is 11.8 Å². The number of hydrogen-bond acceptors (Lipinski definition) is 7. The fourth-order valence-electron chi connectivity index (χ4n) is 7.30. The standard InChI is InChI=1S/C32H44F3N7O4/c1-17(43)36-25-16-21(41-31(2,3)4)10-12-26(25)42-14-13-24(29(42)44)39-28-22-15-19(32(33,34)35)7-11-23(22)38-27(40-28)18-5-8-20(9-6-18)37-30(45)46/h7,11,15,18,20-21,24-26,37,41H,5-6,8-10,12-14,16H2,1-4H3,(H,36,43)(H,45,46)(H,38,39,40)/t18?,20?,21-,24?,25-,26+/m1/s1. The highest BCUT2D eigenvalue weighted by atomic mass is 19.4. The molecule has 1 saturated heterocycles. The van der Waals surface area contributed by atoms with Crippen molar-refractivity contribution < 1.29 is 32.7 Å². The summed E-state index contributed by atoms with van der Waals surface area (Å²) < 4.78 is 41.1. The fraction of sp³-hybridized carbons (Fsp3) is 0.656. The van der Waals surface area contributed by atoms with Crippen LogP contribution in [0.4, 0.5) is 23.8 Å². The van der Waals surface area contributed by atoms with Crippen LogP contribution in [-0.2, 0) is 15.8 Å². The molecule has 46 heavy (non-hydrogen) atoms. The molecule has 3 amide bonds. The van der Waals surface area contributed by atoms with E-state index in [9.17, 15) is 27.6 Å². The summed E-state index contributed by atoms with van der Waals surface area (Å²) in [4.78, 5) is 48.2. The first-order valence-corrected chi connectivity index (χ1v) is 16.1. The molecule has 2 aromatic rings. The number of benzene rings is 1. The van der Waals surface area contributed by atoms with E-state index in [1.165, 1.54) is 13.0 Å². The molecule has 3 aliphatic rings. The Labute approximate surface area is 266 Å². The molecule has 5 N–H and O–H groups in total. The summed E-state index contributed by atoms with van der Waals surface area (Å²) in [5.41, 5.74) is -0.599. The first-order valence-electron chi connectivity index (χ1n) is 16.1. The van der Waals surface area contributed by atoms with E-state index in [0.717, 1.165) is 18.6 Å². The topological polar surface area (TPSA) is 149 Å². The van der Waals surface area contributed by atoms with E-state index in [1.54, 1.807) is 4.90 Å². The number of carbonyl (C=O) groups is 3. The third kappa shape index (κ3) is 7.99. The lowest BCUT2D eigenvalue weighted by molar-refractivity contribution is -0.137. The number of halogens is 3. The van der Waals surface area contributed by atoms with Crippen molar-refractivity contribution in [3.63, 3.8) is 0 Å². The maximum absolute atomic E-state index is 13.9. The number of carboxylic acid groups (broad SMARTS) is 1. The Bertz CT molecular complexity index is 1460. The molecule has 252 valence electrons. The van der Waals surface area contributed by atoms with Crippen LogP contribution in [0.5, 0.6) is 0 Å². The first kappa shape index (κ1) is 33.7. The number of aromatic nitrogens is 2. The normalized spacial score (nSPS) is 27.5. The smallest absolute Gasteiger partial charge is 0.416 e. The Morgan fingerprint density at radius 2 is 1.65 bits per heavy atom. The van der Waals surface area contributed by atoms with Gasteiger partial charge in [-0.05, 0) is 90.3 Å². The summed E-state index contributed by atoms with van der Waals surface area (Å²) in [7, 11) is 0. The second-order valence-corrected chi connectivity index (χ2v) is 14.0. The molecular weight excluding hydrogens is 603 g/mol. The molecule has 1 aromatic heterocycles. The van der Waals surface area contributed by atoms with Crippen LogP contribution in [0, 0.1) is 0 Å². The van der Waals surface area contributed by atoms with Gasteiger partial charge in [-0.2, -0.15) is 13.2 Å². The highest BCUT2D eigenvalue weighted by Gasteiger charge is 2.43. The van der Waals surface area contributed by atoms with Gasteiger partial charge >= 0.3 is 12.3 Å². The van der Waals surface area contributed by atoms with Crippen molar-refractivity contribution in [1.82, 2.24) is 30.8 Å². The van der Waals surface area contributed by atoms with E-state index in [0.29, 0.717) is 62.8 Å². The molecule has 0 bridgehead atoms. The van der Waals surface area contributed by atoms with E-state index >= 15 is 0 Å². The third-order valence-electron chi connectivity index (χ3n) is 9.25. The zero-order valence-electron chi connectivity index (χ0n) is 26.7. The minimum atomic E-state index is -4.57. The van der Waals surface area contributed by atoms with Crippen LogP contribution in [0.2, 0.25) is 0 Å². The zero-order valence-corrected chi connectivity index (χ0v) is 26.7. The summed E-state index contributed by atoms with van der Waals surface area (Å²) in [5.74, 6) is 0.184. The Morgan fingerprint density at radius 3 is 2.28 bits per heavy atom. The lowest BCUT2D eigenvalue weighted by Gasteiger charge is -2.43. The zero-order chi connectivity index (χ0) is 33.4. The Morgan fingerprint density at radius 1 is 0.957 bits per heavy atom. The average Bonchev–Trinajstić information content (AvgIpc) is 3.30. The molecule has 5 rings (SSSR count). The van der Waals surface area contributed by atoms with E-state index in [2.05, 4.69) is 47.0 Å². The highest BCUT2D eigenvalue weighted by molar-refractivity contribution is 5.93. The number of alkyl halides is 3. The summed E-state index contributed by atoms with van der Waals surface area (Å²) >= 11 is 0. The van der Waals surface area contributed by atoms with E-state index in [1.807, 2.05) is 0 Å². The highest BCUT2D eigenvalue weighted by Crippen LogP contribution is 2.37. The number of amides is 3. The lowest BCUT2D eigenvalue weighted by Crippen LogP contribution is -2.59. The number of nitrogens with one attached hydrogen (secondary N) is 4. The number of rotatable bonds is 7. The molecule has 3 fully saturated rings. The van der Waals surface area contributed by atoms with Crippen molar-refractivity contribution in [2.75, 3.05) is 11.9 Å². The largest absolute Gasteiger partial charge is 0.465 e. The molecule has 2 aliphatic carbocycles. The van der Waals surface area contributed by atoms with Gasteiger partial charge in [0, 0.05) is 42.4 Å². The van der Waals surface area contributed by atoms with E-state index in [4.69, 9.17) is 10.1 Å². The molecule has 2 heterocycles. The lowest BCUT2D eigenvalue weighted by atomic mass is 9.84. The van der Waals surface area contributed by atoms with Crippen molar-refractivity contribution in [1.29, 1.82) is 0 Å². The molecule has 11 nitrogen and oxygen atoms in total. The Kier molecular flexibility index (Phi) is 9.67. The van der Waals surface area contributed by atoms with Crippen LogP contribution in [0.25, 0.3) is 10.9 Å². The van der Waals surface area contributed by atoms with Gasteiger partial charge in [-0.1, -0.05) is 0 Å². The van der Waals surface area contributed by atoms with Crippen molar-refractivity contribution in [3.05, 3.63) is 29.6 Å².